The molecule has 0 unspecified atom stereocenters. The van der Waals surface area contributed by atoms with Crippen molar-refractivity contribution in [2.75, 3.05) is 0 Å². The fraction of sp³-hybridized carbons (Fsp3) is 0.0435. The molecule has 0 saturated heterocycles. The Bertz CT molecular complexity index is 1280. The van der Waals surface area contributed by atoms with E-state index in [-0.39, 0.29) is 27.6 Å². The standard InChI is InChI=1S/C23H12F6/c1-11-2-4-15(17(24)6-11)12-3-5-16(18(25)8-12)13-7-14-10-20(27)22(28)23(29)21(14)19(26)9-13/h2-10H,1H3. The lowest BCUT2D eigenvalue weighted by Gasteiger charge is -2.11. The summed E-state index contributed by atoms with van der Waals surface area (Å²) >= 11 is 0. The number of benzene rings is 4. The Balaban J connectivity index is 1.85. The van der Waals surface area contributed by atoms with Gasteiger partial charge in [0.05, 0.1) is 5.39 Å². The van der Waals surface area contributed by atoms with Crippen LogP contribution in [0.15, 0.2) is 54.6 Å². The van der Waals surface area contributed by atoms with Gasteiger partial charge >= 0.3 is 0 Å². The molecule has 0 fully saturated rings. The summed E-state index contributed by atoms with van der Waals surface area (Å²) in [7, 11) is 0. The van der Waals surface area contributed by atoms with E-state index in [1.807, 2.05) is 0 Å². The lowest BCUT2D eigenvalue weighted by atomic mass is 9.96. The molecule has 6 heteroatoms. The van der Waals surface area contributed by atoms with Gasteiger partial charge in [-0.25, -0.2) is 26.3 Å². The molecule has 0 amide bonds. The predicted octanol–water partition coefficient (Wildman–Crippen LogP) is 7.32. The zero-order valence-corrected chi connectivity index (χ0v) is 15.0. The van der Waals surface area contributed by atoms with Crippen LogP contribution in [0.25, 0.3) is 33.0 Å². The Hall–Kier alpha value is -3.28. The first-order valence-corrected chi connectivity index (χ1v) is 8.59. The number of hydrogen-bond donors (Lipinski definition) is 0. The topological polar surface area (TPSA) is 0 Å². The van der Waals surface area contributed by atoms with Gasteiger partial charge in [-0.05, 0) is 59.3 Å². The van der Waals surface area contributed by atoms with Crippen molar-refractivity contribution in [2.45, 2.75) is 6.92 Å². The zero-order valence-electron chi connectivity index (χ0n) is 15.0. The molecule has 0 spiro atoms. The van der Waals surface area contributed by atoms with E-state index in [0.717, 1.165) is 18.2 Å². The van der Waals surface area contributed by atoms with Crippen molar-refractivity contribution in [3.63, 3.8) is 0 Å². The summed E-state index contributed by atoms with van der Waals surface area (Å²) in [6.45, 7) is 1.72. The highest BCUT2D eigenvalue weighted by molar-refractivity contribution is 5.89. The monoisotopic (exact) mass is 402 g/mol. The summed E-state index contributed by atoms with van der Waals surface area (Å²) in [5, 5.41) is -0.962. The summed E-state index contributed by atoms with van der Waals surface area (Å²) in [6.07, 6.45) is 0. The third-order valence-corrected chi connectivity index (χ3v) is 4.74. The van der Waals surface area contributed by atoms with Crippen LogP contribution in [-0.4, -0.2) is 0 Å². The van der Waals surface area contributed by atoms with E-state index in [0.29, 0.717) is 11.6 Å². The molecule has 4 aromatic rings. The lowest BCUT2D eigenvalue weighted by Crippen LogP contribution is -1.96. The fourth-order valence-corrected chi connectivity index (χ4v) is 3.31. The highest BCUT2D eigenvalue weighted by Gasteiger charge is 2.19. The second-order valence-corrected chi connectivity index (χ2v) is 6.72. The molecule has 0 atom stereocenters. The minimum Gasteiger partial charge on any atom is -0.206 e. The third-order valence-electron chi connectivity index (χ3n) is 4.74. The minimum atomic E-state index is -1.78. The van der Waals surface area contributed by atoms with Gasteiger partial charge in [-0.1, -0.05) is 24.3 Å². The zero-order chi connectivity index (χ0) is 20.9. The molecule has 146 valence electrons. The fourth-order valence-electron chi connectivity index (χ4n) is 3.31. The summed E-state index contributed by atoms with van der Waals surface area (Å²) in [6, 6.07) is 11.1. The number of aryl methyl sites for hydroxylation is 1. The molecular weight excluding hydrogens is 390 g/mol. The van der Waals surface area contributed by atoms with Crippen LogP contribution < -0.4 is 0 Å². The van der Waals surface area contributed by atoms with Crippen molar-refractivity contribution in [3.05, 3.63) is 95.1 Å². The van der Waals surface area contributed by atoms with E-state index in [9.17, 15) is 26.3 Å². The SMILES string of the molecule is Cc1ccc(-c2ccc(-c3cc(F)c4c(F)c(F)c(F)cc4c3)c(F)c2)c(F)c1. The van der Waals surface area contributed by atoms with Gasteiger partial charge in [0.1, 0.15) is 17.5 Å². The lowest BCUT2D eigenvalue weighted by molar-refractivity contribution is 0.451. The number of rotatable bonds is 2. The minimum absolute atomic E-state index is 0.00818. The van der Waals surface area contributed by atoms with E-state index in [1.54, 1.807) is 13.0 Å². The maximum Gasteiger partial charge on any atom is 0.195 e. The molecule has 0 saturated carbocycles. The van der Waals surface area contributed by atoms with Crippen molar-refractivity contribution >= 4 is 10.8 Å². The highest BCUT2D eigenvalue weighted by atomic mass is 19.2. The predicted molar refractivity (Wildman–Crippen MR) is 99.3 cm³/mol. The quantitative estimate of drug-likeness (QED) is 0.243. The second-order valence-electron chi connectivity index (χ2n) is 6.72. The van der Waals surface area contributed by atoms with E-state index < -0.39 is 40.3 Å². The molecule has 4 aromatic carbocycles. The molecule has 0 heterocycles. The van der Waals surface area contributed by atoms with Gasteiger partial charge in [-0.15, -0.1) is 0 Å². The second kappa shape index (κ2) is 6.95. The van der Waals surface area contributed by atoms with Crippen molar-refractivity contribution in [3.8, 4) is 22.3 Å². The number of hydrogen-bond acceptors (Lipinski definition) is 0. The average Bonchev–Trinajstić information content (AvgIpc) is 2.65. The molecule has 0 N–H and O–H groups in total. The van der Waals surface area contributed by atoms with Gasteiger partial charge < -0.3 is 0 Å². The normalized spacial score (nSPS) is 11.3. The Kier molecular flexibility index (Phi) is 4.57. The van der Waals surface area contributed by atoms with Crippen LogP contribution in [0.1, 0.15) is 5.56 Å². The van der Waals surface area contributed by atoms with Crippen LogP contribution >= 0.6 is 0 Å². The summed E-state index contributed by atoms with van der Waals surface area (Å²) in [4.78, 5) is 0. The van der Waals surface area contributed by atoms with Crippen molar-refractivity contribution < 1.29 is 26.3 Å². The van der Waals surface area contributed by atoms with Gasteiger partial charge in [0, 0.05) is 11.1 Å². The van der Waals surface area contributed by atoms with E-state index >= 15 is 0 Å². The van der Waals surface area contributed by atoms with Crippen LogP contribution in [0.2, 0.25) is 0 Å². The van der Waals surface area contributed by atoms with Gasteiger partial charge in [-0.3, -0.25) is 0 Å². The smallest absolute Gasteiger partial charge is 0.195 e. The van der Waals surface area contributed by atoms with Gasteiger partial charge in [0.2, 0.25) is 0 Å². The van der Waals surface area contributed by atoms with Crippen LogP contribution in [-0.2, 0) is 0 Å². The number of halogens is 6. The molecule has 0 aliphatic rings. The van der Waals surface area contributed by atoms with Crippen LogP contribution in [0.4, 0.5) is 26.3 Å². The van der Waals surface area contributed by atoms with Gasteiger partial charge in [-0.2, -0.15) is 0 Å². The van der Waals surface area contributed by atoms with Crippen molar-refractivity contribution in [1.82, 2.24) is 0 Å². The maximum atomic E-state index is 14.7. The molecule has 0 radical (unpaired) electrons. The summed E-state index contributed by atoms with van der Waals surface area (Å²) in [5.41, 5.74) is 1.15. The molecule has 0 aromatic heterocycles. The van der Waals surface area contributed by atoms with Crippen LogP contribution in [0, 0.1) is 41.8 Å². The first-order valence-electron chi connectivity index (χ1n) is 8.59. The molecule has 4 rings (SSSR count). The third kappa shape index (κ3) is 3.24. The largest absolute Gasteiger partial charge is 0.206 e. The van der Waals surface area contributed by atoms with Crippen LogP contribution in [0.5, 0.6) is 0 Å². The van der Waals surface area contributed by atoms with Gasteiger partial charge in [0.15, 0.2) is 17.5 Å². The molecule has 0 aliphatic carbocycles. The van der Waals surface area contributed by atoms with Gasteiger partial charge in [0.25, 0.3) is 0 Å². The molecular formula is C23H12F6. The maximum absolute atomic E-state index is 14.7. The average molecular weight is 402 g/mol. The first kappa shape index (κ1) is 19.1. The van der Waals surface area contributed by atoms with Crippen molar-refractivity contribution in [1.29, 1.82) is 0 Å². The molecule has 0 aliphatic heterocycles. The molecule has 0 bridgehead atoms. The van der Waals surface area contributed by atoms with Crippen LogP contribution in [0.3, 0.4) is 0 Å². The Morgan fingerprint density at radius 2 is 1.14 bits per heavy atom. The highest BCUT2D eigenvalue weighted by Crippen LogP contribution is 2.34. The summed E-state index contributed by atoms with van der Waals surface area (Å²) < 4.78 is 84.0. The summed E-state index contributed by atoms with van der Waals surface area (Å²) in [5.74, 6) is -7.33. The molecule has 29 heavy (non-hydrogen) atoms. The van der Waals surface area contributed by atoms with E-state index in [2.05, 4.69) is 0 Å². The Morgan fingerprint density at radius 1 is 0.517 bits per heavy atom. The van der Waals surface area contributed by atoms with E-state index in [1.165, 1.54) is 24.3 Å². The molecule has 0 nitrogen and oxygen atoms in total. The van der Waals surface area contributed by atoms with E-state index in [4.69, 9.17) is 0 Å². The Morgan fingerprint density at radius 3 is 1.83 bits per heavy atom. The Labute approximate surface area is 162 Å². The number of fused-ring (bicyclic) bond motifs is 1. The first-order chi connectivity index (χ1) is 13.8. The van der Waals surface area contributed by atoms with Crippen molar-refractivity contribution in [2.24, 2.45) is 0 Å².